The van der Waals surface area contributed by atoms with E-state index in [-0.39, 0.29) is 5.91 Å². The zero-order valence-corrected chi connectivity index (χ0v) is 16.4. The number of carbonyl (C=O) groups excluding carboxylic acids is 1. The summed E-state index contributed by atoms with van der Waals surface area (Å²) in [7, 11) is 2.01. The maximum Gasteiger partial charge on any atom is 0.226 e. The second kappa shape index (κ2) is 9.55. The second-order valence-corrected chi connectivity index (χ2v) is 7.31. The Bertz CT molecular complexity index is 737. The van der Waals surface area contributed by atoms with Crippen LogP contribution in [0.15, 0.2) is 36.5 Å². The summed E-state index contributed by atoms with van der Waals surface area (Å²) in [6, 6.07) is 10.3. The Morgan fingerprint density at radius 1 is 1.26 bits per heavy atom. The van der Waals surface area contributed by atoms with Gasteiger partial charge in [0.1, 0.15) is 18.2 Å². The molecule has 0 atom stereocenters. The van der Waals surface area contributed by atoms with Crippen LogP contribution in [0.4, 0.5) is 5.82 Å². The van der Waals surface area contributed by atoms with E-state index >= 15 is 0 Å². The van der Waals surface area contributed by atoms with Crippen LogP contribution < -0.4 is 10.1 Å². The van der Waals surface area contributed by atoms with Crippen molar-refractivity contribution in [2.75, 3.05) is 32.1 Å². The van der Waals surface area contributed by atoms with Crippen LogP contribution in [0.5, 0.6) is 5.75 Å². The Hall–Kier alpha value is -2.34. The van der Waals surface area contributed by atoms with Gasteiger partial charge in [0, 0.05) is 25.6 Å². The number of para-hydroxylation sites is 1. The third-order valence-corrected chi connectivity index (χ3v) is 5.15. The zero-order chi connectivity index (χ0) is 19.1. The number of anilines is 1. The van der Waals surface area contributed by atoms with Crippen LogP contribution in [0, 0.1) is 6.92 Å². The quantitative estimate of drug-likeness (QED) is 0.732. The molecule has 3 rings (SSSR count). The molecule has 1 amide bonds. The molecule has 0 spiro atoms. The lowest BCUT2D eigenvalue weighted by Gasteiger charge is -2.18. The van der Waals surface area contributed by atoms with E-state index in [1.807, 2.05) is 49.0 Å². The van der Waals surface area contributed by atoms with Gasteiger partial charge >= 0.3 is 0 Å². The van der Waals surface area contributed by atoms with Crippen molar-refractivity contribution in [2.45, 2.75) is 45.1 Å². The van der Waals surface area contributed by atoms with Gasteiger partial charge in [0.05, 0.1) is 12.2 Å². The van der Waals surface area contributed by atoms with Crippen molar-refractivity contribution in [3.63, 3.8) is 0 Å². The Balaban J connectivity index is 1.38. The average Bonchev–Trinajstić information content (AvgIpc) is 3.33. The molecule has 27 heavy (non-hydrogen) atoms. The number of rotatable bonds is 9. The molecule has 6 heteroatoms. The molecule has 1 saturated carbocycles. The molecule has 1 aromatic carbocycles. The predicted octanol–water partition coefficient (Wildman–Crippen LogP) is 3.65. The van der Waals surface area contributed by atoms with Crippen molar-refractivity contribution in [1.29, 1.82) is 0 Å². The van der Waals surface area contributed by atoms with Crippen LogP contribution in [0.25, 0.3) is 0 Å². The third-order valence-electron chi connectivity index (χ3n) is 5.15. The van der Waals surface area contributed by atoms with Crippen molar-refractivity contribution >= 4 is 11.7 Å². The Labute approximate surface area is 161 Å². The van der Waals surface area contributed by atoms with Crippen LogP contribution in [0.1, 0.15) is 43.7 Å². The first-order valence-corrected chi connectivity index (χ1v) is 9.84. The predicted molar refractivity (Wildman–Crippen MR) is 107 cm³/mol. The Morgan fingerprint density at radius 2 is 2.04 bits per heavy atom. The number of hydrogen-bond donors (Lipinski definition) is 1. The lowest BCUT2D eigenvalue weighted by molar-refractivity contribution is -0.116. The number of carbonyl (C=O) groups is 1. The number of nitrogens with one attached hydrogen (secondary N) is 1. The van der Waals surface area contributed by atoms with Gasteiger partial charge in [-0.3, -0.25) is 4.79 Å². The highest BCUT2D eigenvalue weighted by molar-refractivity contribution is 5.89. The molecule has 1 aromatic heterocycles. The number of nitrogens with zero attached hydrogens (tertiary/aromatic N) is 3. The molecule has 0 bridgehead atoms. The molecule has 1 aliphatic carbocycles. The van der Waals surface area contributed by atoms with Gasteiger partial charge in [-0.2, -0.15) is 5.10 Å². The van der Waals surface area contributed by atoms with E-state index in [0.717, 1.165) is 36.5 Å². The summed E-state index contributed by atoms with van der Waals surface area (Å²) >= 11 is 0. The summed E-state index contributed by atoms with van der Waals surface area (Å²) in [5, 5.41) is 7.41. The minimum Gasteiger partial charge on any atom is -0.492 e. The molecule has 2 aromatic rings. The first-order chi connectivity index (χ1) is 13.1. The van der Waals surface area contributed by atoms with Crippen LogP contribution >= 0.6 is 0 Å². The lowest BCUT2D eigenvalue weighted by Crippen LogP contribution is -2.28. The fourth-order valence-corrected chi connectivity index (χ4v) is 3.49. The molecule has 0 saturated heterocycles. The smallest absolute Gasteiger partial charge is 0.226 e. The standard InChI is InChI=1S/C21H30N4O2/c1-17-7-3-6-10-19(17)27-16-15-24(2)14-12-21(26)23-20-11-13-22-25(20)18-8-4-5-9-18/h3,6-7,10-11,13,18H,4-5,8-9,12,14-16H2,1-2H3,(H,23,26). The maximum atomic E-state index is 12.3. The van der Waals surface area contributed by atoms with Gasteiger partial charge in [-0.15, -0.1) is 0 Å². The highest BCUT2D eigenvalue weighted by Gasteiger charge is 2.20. The van der Waals surface area contributed by atoms with Gasteiger partial charge in [0.15, 0.2) is 0 Å². The topological polar surface area (TPSA) is 59.4 Å². The van der Waals surface area contributed by atoms with Crippen LogP contribution in [-0.4, -0.2) is 47.3 Å². The van der Waals surface area contributed by atoms with E-state index in [4.69, 9.17) is 4.74 Å². The fourth-order valence-electron chi connectivity index (χ4n) is 3.49. The number of aromatic nitrogens is 2. The van der Waals surface area contributed by atoms with Gasteiger partial charge < -0.3 is 15.0 Å². The largest absolute Gasteiger partial charge is 0.492 e. The van der Waals surface area contributed by atoms with Crippen molar-refractivity contribution in [2.24, 2.45) is 0 Å². The van der Waals surface area contributed by atoms with Gasteiger partial charge in [-0.05, 0) is 38.4 Å². The summed E-state index contributed by atoms with van der Waals surface area (Å²) in [6.45, 7) is 4.12. The van der Waals surface area contributed by atoms with E-state index in [1.54, 1.807) is 6.20 Å². The number of benzene rings is 1. The number of hydrogen-bond acceptors (Lipinski definition) is 4. The van der Waals surface area contributed by atoms with Crippen LogP contribution in [0.3, 0.4) is 0 Å². The van der Waals surface area contributed by atoms with E-state index < -0.39 is 0 Å². The molecule has 0 aliphatic heterocycles. The summed E-state index contributed by atoms with van der Waals surface area (Å²) in [6.07, 6.45) is 7.00. The summed E-state index contributed by atoms with van der Waals surface area (Å²) in [4.78, 5) is 14.4. The van der Waals surface area contributed by atoms with Gasteiger partial charge in [0.2, 0.25) is 5.91 Å². The third kappa shape index (κ3) is 5.57. The minimum absolute atomic E-state index is 0.0291. The van der Waals surface area contributed by atoms with Crippen molar-refractivity contribution in [1.82, 2.24) is 14.7 Å². The first kappa shape index (κ1) is 19.4. The SMILES string of the molecule is Cc1ccccc1OCCN(C)CCC(=O)Nc1ccnn1C1CCCC1. The number of ether oxygens (including phenoxy) is 1. The Kier molecular flexibility index (Phi) is 6.87. The Morgan fingerprint density at radius 3 is 2.81 bits per heavy atom. The summed E-state index contributed by atoms with van der Waals surface area (Å²) in [5.74, 6) is 1.77. The molecule has 6 nitrogen and oxygen atoms in total. The zero-order valence-electron chi connectivity index (χ0n) is 16.4. The van der Waals surface area contributed by atoms with Crippen LogP contribution in [-0.2, 0) is 4.79 Å². The molecule has 1 aliphatic rings. The van der Waals surface area contributed by atoms with Crippen molar-refractivity contribution in [3.05, 3.63) is 42.1 Å². The molecule has 146 valence electrons. The molecular formula is C21H30N4O2. The van der Waals surface area contributed by atoms with Crippen molar-refractivity contribution in [3.8, 4) is 5.75 Å². The van der Waals surface area contributed by atoms with E-state index in [1.165, 1.54) is 12.8 Å². The normalized spacial score (nSPS) is 14.6. The molecule has 0 unspecified atom stereocenters. The average molecular weight is 370 g/mol. The van der Waals surface area contributed by atoms with Gasteiger partial charge in [-0.1, -0.05) is 31.0 Å². The van der Waals surface area contributed by atoms with Gasteiger partial charge in [0.25, 0.3) is 0 Å². The lowest BCUT2D eigenvalue weighted by atomic mass is 10.2. The molecule has 1 heterocycles. The summed E-state index contributed by atoms with van der Waals surface area (Å²) < 4.78 is 7.80. The molecular weight excluding hydrogens is 340 g/mol. The van der Waals surface area contributed by atoms with Crippen LogP contribution in [0.2, 0.25) is 0 Å². The van der Waals surface area contributed by atoms with E-state index in [9.17, 15) is 4.79 Å². The number of amides is 1. The summed E-state index contributed by atoms with van der Waals surface area (Å²) in [5.41, 5.74) is 1.14. The fraction of sp³-hybridized carbons (Fsp3) is 0.524. The molecule has 1 N–H and O–H groups in total. The highest BCUT2D eigenvalue weighted by atomic mass is 16.5. The first-order valence-electron chi connectivity index (χ1n) is 9.84. The maximum absolute atomic E-state index is 12.3. The second-order valence-electron chi connectivity index (χ2n) is 7.31. The van der Waals surface area contributed by atoms with Crippen molar-refractivity contribution < 1.29 is 9.53 Å². The molecule has 1 fully saturated rings. The van der Waals surface area contributed by atoms with E-state index in [0.29, 0.717) is 25.6 Å². The van der Waals surface area contributed by atoms with Gasteiger partial charge in [-0.25, -0.2) is 4.68 Å². The van der Waals surface area contributed by atoms with E-state index in [2.05, 4.69) is 15.3 Å². The minimum atomic E-state index is 0.0291. The monoisotopic (exact) mass is 370 g/mol. The molecule has 0 radical (unpaired) electrons. The highest BCUT2D eigenvalue weighted by Crippen LogP contribution is 2.31. The number of likely N-dealkylation sites (N-methyl/N-ethyl adjacent to an activating group) is 1. The number of aryl methyl sites for hydroxylation is 1.